The van der Waals surface area contributed by atoms with Gasteiger partial charge in [-0.2, -0.15) is 0 Å². The fourth-order valence-electron chi connectivity index (χ4n) is 2.92. The van der Waals surface area contributed by atoms with E-state index in [1.54, 1.807) is 49.6 Å². The van der Waals surface area contributed by atoms with Crippen molar-refractivity contribution in [2.75, 3.05) is 20.3 Å². The Bertz CT molecular complexity index is 825. The van der Waals surface area contributed by atoms with E-state index in [4.69, 9.17) is 9.47 Å². The van der Waals surface area contributed by atoms with Gasteiger partial charge in [-0.15, -0.1) is 0 Å². The fraction of sp³-hybridized carbons (Fsp3) is 0.273. The molecule has 1 saturated heterocycles. The highest BCUT2D eigenvalue weighted by Gasteiger charge is 2.19. The minimum Gasteiger partial charge on any atom is -0.497 e. The average Bonchev–Trinajstić information content (AvgIpc) is 3.26. The smallest absolute Gasteiger partial charge is 0.267 e. The van der Waals surface area contributed by atoms with Crippen molar-refractivity contribution in [3.8, 4) is 5.75 Å². The minimum atomic E-state index is -0.351. The maximum Gasteiger partial charge on any atom is 0.267 e. The molecule has 6 heteroatoms. The van der Waals surface area contributed by atoms with Crippen molar-refractivity contribution in [2.24, 2.45) is 0 Å². The maximum atomic E-state index is 12.7. The number of carbonyl (C=O) groups excluding carboxylic acids is 2. The summed E-state index contributed by atoms with van der Waals surface area (Å²) in [6, 6.07) is 16.0. The van der Waals surface area contributed by atoms with Gasteiger partial charge in [0.1, 0.15) is 11.4 Å². The molecule has 1 aliphatic rings. The summed E-state index contributed by atoms with van der Waals surface area (Å²) in [5.41, 5.74) is 1.43. The SMILES string of the molecule is COc1ccc(/C=C(/NC(=O)c2ccccc2)C(=O)NC[C@@H]2CCCO2)cc1. The van der Waals surface area contributed by atoms with Gasteiger partial charge >= 0.3 is 0 Å². The summed E-state index contributed by atoms with van der Waals surface area (Å²) in [4.78, 5) is 25.3. The zero-order valence-electron chi connectivity index (χ0n) is 15.8. The van der Waals surface area contributed by atoms with Crippen LogP contribution in [-0.4, -0.2) is 38.2 Å². The molecule has 28 heavy (non-hydrogen) atoms. The van der Waals surface area contributed by atoms with Crippen molar-refractivity contribution >= 4 is 17.9 Å². The van der Waals surface area contributed by atoms with E-state index in [9.17, 15) is 9.59 Å². The molecule has 0 saturated carbocycles. The minimum absolute atomic E-state index is 0.0241. The maximum absolute atomic E-state index is 12.7. The van der Waals surface area contributed by atoms with E-state index in [1.807, 2.05) is 18.2 Å². The van der Waals surface area contributed by atoms with Crippen molar-refractivity contribution in [3.63, 3.8) is 0 Å². The normalized spacial score (nSPS) is 16.5. The highest BCUT2D eigenvalue weighted by Crippen LogP contribution is 2.14. The molecule has 0 aromatic heterocycles. The van der Waals surface area contributed by atoms with Crippen LogP contribution in [0.3, 0.4) is 0 Å². The van der Waals surface area contributed by atoms with E-state index < -0.39 is 0 Å². The van der Waals surface area contributed by atoms with Gasteiger partial charge in [0.2, 0.25) is 0 Å². The first-order chi connectivity index (χ1) is 13.7. The van der Waals surface area contributed by atoms with E-state index in [-0.39, 0.29) is 23.6 Å². The molecule has 1 heterocycles. The molecular formula is C22H24N2O4. The van der Waals surface area contributed by atoms with Gasteiger partial charge in [0.25, 0.3) is 11.8 Å². The molecular weight excluding hydrogens is 356 g/mol. The van der Waals surface area contributed by atoms with Crippen LogP contribution in [0.15, 0.2) is 60.3 Å². The zero-order chi connectivity index (χ0) is 19.8. The predicted octanol–water partition coefficient (Wildman–Crippen LogP) is 2.76. The highest BCUT2D eigenvalue weighted by molar-refractivity contribution is 6.05. The van der Waals surface area contributed by atoms with Gasteiger partial charge in [0.15, 0.2) is 0 Å². The summed E-state index contributed by atoms with van der Waals surface area (Å²) in [5.74, 6) is 0.0260. The van der Waals surface area contributed by atoms with Crippen LogP contribution in [0.25, 0.3) is 6.08 Å². The van der Waals surface area contributed by atoms with Gasteiger partial charge in [-0.3, -0.25) is 9.59 Å². The lowest BCUT2D eigenvalue weighted by Crippen LogP contribution is -2.38. The van der Waals surface area contributed by atoms with Gasteiger partial charge < -0.3 is 20.1 Å². The topological polar surface area (TPSA) is 76.7 Å². The Morgan fingerprint density at radius 3 is 2.54 bits per heavy atom. The second-order valence-electron chi connectivity index (χ2n) is 6.50. The second kappa shape index (κ2) is 9.71. The standard InChI is InChI=1S/C22H24N2O4/c1-27-18-11-9-16(10-12-18)14-20(22(26)23-15-19-8-5-13-28-19)24-21(25)17-6-3-2-4-7-17/h2-4,6-7,9-12,14,19H,5,8,13,15H2,1H3,(H,23,26)(H,24,25)/b20-14+/t19-/m0/s1. The molecule has 0 bridgehead atoms. The van der Waals surface area contributed by atoms with Gasteiger partial charge in [0.05, 0.1) is 13.2 Å². The van der Waals surface area contributed by atoms with E-state index in [1.165, 1.54) is 0 Å². The summed E-state index contributed by atoms with van der Waals surface area (Å²) in [6.45, 7) is 1.14. The van der Waals surface area contributed by atoms with Crippen LogP contribution < -0.4 is 15.4 Å². The van der Waals surface area contributed by atoms with Crippen LogP contribution >= 0.6 is 0 Å². The van der Waals surface area contributed by atoms with Crippen LogP contribution in [0.1, 0.15) is 28.8 Å². The van der Waals surface area contributed by atoms with E-state index in [0.29, 0.717) is 12.1 Å². The molecule has 1 atom stereocenters. The van der Waals surface area contributed by atoms with Crippen LogP contribution in [0.4, 0.5) is 0 Å². The Morgan fingerprint density at radius 1 is 1.14 bits per heavy atom. The number of ether oxygens (including phenoxy) is 2. The quantitative estimate of drug-likeness (QED) is 0.724. The Kier molecular flexibility index (Phi) is 6.81. The molecule has 0 unspecified atom stereocenters. The van der Waals surface area contributed by atoms with Gasteiger partial charge in [-0.05, 0) is 48.7 Å². The monoisotopic (exact) mass is 380 g/mol. The summed E-state index contributed by atoms with van der Waals surface area (Å²) in [7, 11) is 1.59. The number of hydrogen-bond donors (Lipinski definition) is 2. The average molecular weight is 380 g/mol. The number of amides is 2. The Morgan fingerprint density at radius 2 is 1.89 bits per heavy atom. The van der Waals surface area contributed by atoms with Crippen molar-refractivity contribution < 1.29 is 19.1 Å². The number of rotatable bonds is 7. The van der Waals surface area contributed by atoms with E-state index in [0.717, 1.165) is 30.8 Å². The lowest BCUT2D eigenvalue weighted by atomic mass is 10.1. The second-order valence-corrected chi connectivity index (χ2v) is 6.50. The summed E-state index contributed by atoms with van der Waals surface area (Å²) >= 11 is 0. The number of methoxy groups -OCH3 is 1. The first-order valence-electron chi connectivity index (χ1n) is 9.27. The summed E-state index contributed by atoms with van der Waals surface area (Å²) in [5, 5.41) is 5.58. The Hall–Kier alpha value is -3.12. The number of nitrogens with one attached hydrogen (secondary N) is 2. The Labute approximate surface area is 164 Å². The molecule has 2 N–H and O–H groups in total. The summed E-state index contributed by atoms with van der Waals surface area (Å²) in [6.07, 6.45) is 3.59. The fourth-order valence-corrected chi connectivity index (χ4v) is 2.92. The van der Waals surface area contributed by atoms with Crippen LogP contribution in [0.2, 0.25) is 0 Å². The largest absolute Gasteiger partial charge is 0.497 e. The van der Waals surface area contributed by atoms with Crippen molar-refractivity contribution in [3.05, 3.63) is 71.4 Å². The molecule has 2 aromatic carbocycles. The number of benzene rings is 2. The van der Waals surface area contributed by atoms with Gasteiger partial charge in [-0.25, -0.2) is 0 Å². The lowest BCUT2D eigenvalue weighted by molar-refractivity contribution is -0.118. The van der Waals surface area contributed by atoms with Gasteiger partial charge in [0, 0.05) is 18.7 Å². The molecule has 0 radical (unpaired) electrons. The summed E-state index contributed by atoms with van der Waals surface area (Å²) < 4.78 is 10.7. The van der Waals surface area contributed by atoms with Gasteiger partial charge in [-0.1, -0.05) is 30.3 Å². The molecule has 1 fully saturated rings. The van der Waals surface area contributed by atoms with E-state index >= 15 is 0 Å². The molecule has 6 nitrogen and oxygen atoms in total. The number of carbonyl (C=O) groups is 2. The van der Waals surface area contributed by atoms with E-state index in [2.05, 4.69) is 10.6 Å². The molecule has 2 aromatic rings. The van der Waals surface area contributed by atoms with Crippen molar-refractivity contribution in [2.45, 2.75) is 18.9 Å². The first-order valence-corrected chi connectivity index (χ1v) is 9.27. The van der Waals surface area contributed by atoms with Crippen molar-refractivity contribution in [1.29, 1.82) is 0 Å². The van der Waals surface area contributed by atoms with Crippen LogP contribution in [-0.2, 0) is 9.53 Å². The third-order valence-electron chi connectivity index (χ3n) is 4.47. The molecule has 0 aliphatic carbocycles. The van der Waals surface area contributed by atoms with Crippen molar-refractivity contribution in [1.82, 2.24) is 10.6 Å². The molecule has 2 amide bonds. The predicted molar refractivity (Wildman–Crippen MR) is 107 cm³/mol. The lowest BCUT2D eigenvalue weighted by Gasteiger charge is -2.14. The molecule has 1 aliphatic heterocycles. The van der Waals surface area contributed by atoms with Crippen LogP contribution in [0, 0.1) is 0 Å². The first kappa shape index (κ1) is 19.6. The third kappa shape index (κ3) is 5.44. The molecule has 0 spiro atoms. The zero-order valence-corrected chi connectivity index (χ0v) is 15.8. The molecule has 146 valence electrons. The van der Waals surface area contributed by atoms with Crippen LogP contribution in [0.5, 0.6) is 5.75 Å². The Balaban J connectivity index is 1.76. The molecule has 3 rings (SSSR count). The highest BCUT2D eigenvalue weighted by atomic mass is 16.5. The third-order valence-corrected chi connectivity index (χ3v) is 4.47. The number of hydrogen-bond acceptors (Lipinski definition) is 4.